The van der Waals surface area contributed by atoms with Crippen molar-refractivity contribution < 1.29 is 27.5 Å². The zero-order valence-corrected chi connectivity index (χ0v) is 22.3. The minimum absolute atomic E-state index is 0.0460. The first-order valence-electron chi connectivity index (χ1n) is 12.1. The van der Waals surface area contributed by atoms with Crippen LogP contribution in [0.1, 0.15) is 44.7 Å². The van der Waals surface area contributed by atoms with Gasteiger partial charge in [-0.1, -0.05) is 43.7 Å². The van der Waals surface area contributed by atoms with Crippen molar-refractivity contribution in [2.24, 2.45) is 0 Å². The smallest absolute Gasteiger partial charge is 0.244 e. The van der Waals surface area contributed by atoms with Crippen molar-refractivity contribution >= 4 is 27.5 Å². The molecule has 0 aromatic heterocycles. The van der Waals surface area contributed by atoms with Crippen molar-refractivity contribution in [3.05, 3.63) is 53.6 Å². The Kier molecular flexibility index (Phi) is 8.84. The molecule has 10 heteroatoms. The second-order valence-electron chi connectivity index (χ2n) is 9.06. The van der Waals surface area contributed by atoms with Crippen LogP contribution >= 0.6 is 0 Å². The number of carbonyl (C=O) groups is 2. The van der Waals surface area contributed by atoms with E-state index < -0.39 is 28.5 Å². The first-order chi connectivity index (χ1) is 17.0. The molecule has 2 amide bonds. The molecule has 0 unspecified atom stereocenters. The maximum atomic E-state index is 13.7. The molecule has 1 N–H and O–H groups in total. The van der Waals surface area contributed by atoms with Crippen molar-refractivity contribution in [2.75, 3.05) is 23.9 Å². The van der Waals surface area contributed by atoms with Crippen LogP contribution in [-0.2, 0) is 26.2 Å². The van der Waals surface area contributed by atoms with Gasteiger partial charge in [-0.05, 0) is 44.4 Å². The zero-order chi connectivity index (χ0) is 26.5. The normalized spacial score (nSPS) is 14.1. The van der Waals surface area contributed by atoms with Crippen LogP contribution in [0, 0.1) is 6.92 Å². The Morgan fingerprint density at radius 3 is 2.31 bits per heavy atom. The Hall–Kier alpha value is -3.27. The summed E-state index contributed by atoms with van der Waals surface area (Å²) >= 11 is 0. The third kappa shape index (κ3) is 6.69. The topological polar surface area (TPSA) is 105 Å². The second-order valence-corrected chi connectivity index (χ2v) is 11.0. The van der Waals surface area contributed by atoms with Crippen molar-refractivity contribution in [2.45, 2.75) is 59.2 Å². The lowest BCUT2D eigenvalue weighted by Crippen LogP contribution is -2.53. The third-order valence-corrected chi connectivity index (χ3v) is 7.32. The molecule has 1 heterocycles. The Morgan fingerprint density at radius 1 is 1.03 bits per heavy atom. The molecule has 0 spiro atoms. The van der Waals surface area contributed by atoms with Crippen molar-refractivity contribution in [3.63, 3.8) is 0 Å². The van der Waals surface area contributed by atoms with E-state index in [0.717, 1.165) is 28.1 Å². The summed E-state index contributed by atoms with van der Waals surface area (Å²) in [6.45, 7) is 7.43. The maximum Gasteiger partial charge on any atom is 0.244 e. The van der Waals surface area contributed by atoms with Crippen LogP contribution in [-0.4, -0.2) is 56.8 Å². The van der Waals surface area contributed by atoms with Gasteiger partial charge in [-0.15, -0.1) is 0 Å². The van der Waals surface area contributed by atoms with E-state index in [-0.39, 0.29) is 31.0 Å². The fraction of sp³-hybridized carbons (Fsp3) is 0.462. The Balaban J connectivity index is 1.94. The van der Waals surface area contributed by atoms with Gasteiger partial charge in [0.15, 0.2) is 11.5 Å². The van der Waals surface area contributed by atoms with Crippen LogP contribution in [0.2, 0.25) is 0 Å². The minimum atomic E-state index is -3.83. The van der Waals surface area contributed by atoms with Gasteiger partial charge in [0.05, 0.1) is 11.9 Å². The lowest BCUT2D eigenvalue weighted by molar-refractivity contribution is -0.140. The van der Waals surface area contributed by atoms with Crippen molar-refractivity contribution in [1.29, 1.82) is 0 Å². The summed E-state index contributed by atoms with van der Waals surface area (Å²) in [6.07, 6.45) is 2.17. The SMILES string of the molecule is CC[C@@H](C)NC(=O)[C@@H](CC)N(Cc1ccc(C)cc1)C(=O)CN(c1ccc2c(c1)OCO2)S(C)(=O)=O. The van der Waals surface area contributed by atoms with Gasteiger partial charge in [0, 0.05) is 18.7 Å². The summed E-state index contributed by atoms with van der Waals surface area (Å²) in [5, 5.41) is 2.96. The molecule has 0 radical (unpaired) electrons. The number of hydrogen-bond acceptors (Lipinski definition) is 6. The summed E-state index contributed by atoms with van der Waals surface area (Å²) in [4.78, 5) is 28.3. The molecule has 0 saturated heterocycles. The molecule has 1 aliphatic heterocycles. The number of benzene rings is 2. The fourth-order valence-electron chi connectivity index (χ4n) is 3.90. The summed E-state index contributed by atoms with van der Waals surface area (Å²) in [7, 11) is -3.83. The van der Waals surface area contributed by atoms with Gasteiger partial charge in [0.2, 0.25) is 28.6 Å². The molecule has 9 nitrogen and oxygen atoms in total. The highest BCUT2D eigenvalue weighted by Crippen LogP contribution is 2.36. The number of amides is 2. The third-order valence-electron chi connectivity index (χ3n) is 6.18. The quantitative estimate of drug-likeness (QED) is 0.491. The van der Waals surface area contributed by atoms with E-state index in [2.05, 4.69) is 5.32 Å². The molecule has 2 aromatic carbocycles. The van der Waals surface area contributed by atoms with E-state index in [9.17, 15) is 18.0 Å². The molecule has 0 aliphatic carbocycles. The number of aryl methyl sites for hydroxylation is 1. The van der Waals surface area contributed by atoms with Crippen LogP contribution in [0.4, 0.5) is 5.69 Å². The number of nitrogens with zero attached hydrogens (tertiary/aromatic N) is 2. The number of anilines is 1. The maximum absolute atomic E-state index is 13.7. The highest BCUT2D eigenvalue weighted by atomic mass is 32.2. The molecule has 0 saturated carbocycles. The highest BCUT2D eigenvalue weighted by Gasteiger charge is 2.32. The second kappa shape index (κ2) is 11.6. The lowest BCUT2D eigenvalue weighted by Gasteiger charge is -2.33. The van der Waals surface area contributed by atoms with Crippen LogP contribution in [0.3, 0.4) is 0 Å². The molecule has 196 valence electrons. The molecule has 3 rings (SSSR count). The van der Waals surface area contributed by atoms with Crippen LogP contribution in [0.5, 0.6) is 11.5 Å². The molecule has 0 fully saturated rings. The van der Waals surface area contributed by atoms with Crippen LogP contribution < -0.4 is 19.1 Å². The van der Waals surface area contributed by atoms with E-state index >= 15 is 0 Å². The molecule has 1 aliphatic rings. The van der Waals surface area contributed by atoms with Crippen LogP contribution in [0.25, 0.3) is 0 Å². The summed E-state index contributed by atoms with van der Waals surface area (Å²) < 4.78 is 37.2. The number of hydrogen-bond donors (Lipinski definition) is 1. The van der Waals surface area contributed by atoms with Crippen LogP contribution in [0.15, 0.2) is 42.5 Å². The summed E-state index contributed by atoms with van der Waals surface area (Å²) in [6, 6.07) is 11.6. The number of ether oxygens (including phenoxy) is 2. The minimum Gasteiger partial charge on any atom is -0.454 e. The first-order valence-corrected chi connectivity index (χ1v) is 13.9. The fourth-order valence-corrected chi connectivity index (χ4v) is 4.75. The lowest BCUT2D eigenvalue weighted by atomic mass is 10.1. The van der Waals surface area contributed by atoms with Gasteiger partial charge in [-0.25, -0.2) is 8.42 Å². The molecular weight excluding hydrogens is 482 g/mol. The Morgan fingerprint density at radius 2 is 1.69 bits per heavy atom. The van der Waals surface area contributed by atoms with Gasteiger partial charge in [-0.2, -0.15) is 0 Å². The van der Waals surface area contributed by atoms with E-state index in [1.807, 2.05) is 52.0 Å². The van der Waals surface area contributed by atoms with Gasteiger partial charge >= 0.3 is 0 Å². The average Bonchev–Trinajstić information content (AvgIpc) is 3.30. The molecular formula is C26H35N3O6S. The van der Waals surface area contributed by atoms with Gasteiger partial charge in [0.1, 0.15) is 12.6 Å². The number of sulfonamides is 1. The predicted octanol–water partition coefficient (Wildman–Crippen LogP) is 3.21. The van der Waals surface area contributed by atoms with E-state index in [0.29, 0.717) is 17.9 Å². The number of carbonyl (C=O) groups excluding carboxylic acids is 2. The van der Waals surface area contributed by atoms with Gasteiger partial charge < -0.3 is 19.7 Å². The largest absolute Gasteiger partial charge is 0.454 e. The standard InChI is InChI=1S/C26H35N3O6S/c1-6-19(4)27-26(31)22(7-2)28(15-20-10-8-18(3)9-11-20)25(30)16-29(36(5,32)33)21-12-13-23-24(14-21)35-17-34-23/h8-14,19,22H,6-7,15-17H2,1-5H3,(H,27,31)/t19-,22-/m1/s1. The van der Waals surface area contributed by atoms with E-state index in [1.54, 1.807) is 12.1 Å². The Bertz CT molecular complexity index is 1180. The van der Waals surface area contributed by atoms with Crippen molar-refractivity contribution in [1.82, 2.24) is 10.2 Å². The number of fused-ring (bicyclic) bond motifs is 1. The Labute approximate surface area is 213 Å². The summed E-state index contributed by atoms with van der Waals surface area (Å²) in [5.41, 5.74) is 2.20. The number of nitrogens with one attached hydrogen (secondary N) is 1. The molecule has 2 aromatic rings. The number of rotatable bonds is 11. The monoisotopic (exact) mass is 517 g/mol. The average molecular weight is 518 g/mol. The molecule has 36 heavy (non-hydrogen) atoms. The first kappa shape index (κ1) is 27.3. The van der Waals surface area contributed by atoms with E-state index in [1.165, 1.54) is 11.0 Å². The highest BCUT2D eigenvalue weighted by molar-refractivity contribution is 7.92. The van der Waals surface area contributed by atoms with Crippen molar-refractivity contribution in [3.8, 4) is 11.5 Å². The van der Waals surface area contributed by atoms with Gasteiger partial charge in [-0.3, -0.25) is 13.9 Å². The molecule has 0 bridgehead atoms. The molecule has 2 atom stereocenters. The van der Waals surface area contributed by atoms with E-state index in [4.69, 9.17) is 9.47 Å². The summed E-state index contributed by atoms with van der Waals surface area (Å²) in [5.74, 6) is 0.169. The zero-order valence-electron chi connectivity index (χ0n) is 21.5. The predicted molar refractivity (Wildman–Crippen MR) is 138 cm³/mol. The van der Waals surface area contributed by atoms with Gasteiger partial charge in [0.25, 0.3) is 0 Å².